The molecule has 1 heterocycles. The van der Waals surface area contributed by atoms with Crippen LogP contribution in [-0.2, 0) is 23.8 Å². The molecular formula is C19H26N2O6S. The number of methoxy groups -OCH3 is 1. The minimum atomic E-state index is -0.454. The van der Waals surface area contributed by atoms with Crippen LogP contribution in [0.15, 0.2) is 24.3 Å². The van der Waals surface area contributed by atoms with E-state index in [1.54, 1.807) is 12.1 Å². The van der Waals surface area contributed by atoms with Gasteiger partial charge in [0.2, 0.25) is 5.91 Å². The highest BCUT2D eigenvalue weighted by atomic mass is 32.1. The Morgan fingerprint density at radius 3 is 2.68 bits per heavy atom. The maximum absolute atomic E-state index is 11.8. The number of hydrogen-bond acceptors (Lipinski definition) is 7. The molecule has 8 nitrogen and oxygen atoms in total. The quantitative estimate of drug-likeness (QED) is 0.344. The van der Waals surface area contributed by atoms with Gasteiger partial charge >= 0.3 is 5.97 Å². The summed E-state index contributed by atoms with van der Waals surface area (Å²) in [6.45, 7) is 1.83. The Kier molecular flexibility index (Phi) is 9.67. The molecular weight excluding hydrogens is 384 g/mol. The van der Waals surface area contributed by atoms with Crippen LogP contribution in [-0.4, -0.2) is 56.6 Å². The Morgan fingerprint density at radius 1 is 1.21 bits per heavy atom. The number of hydrogen-bond donors (Lipinski definition) is 2. The van der Waals surface area contributed by atoms with Crippen LogP contribution in [0.4, 0.5) is 5.69 Å². The fourth-order valence-corrected chi connectivity index (χ4v) is 2.71. The van der Waals surface area contributed by atoms with E-state index in [1.807, 2.05) is 12.1 Å². The van der Waals surface area contributed by atoms with Crippen molar-refractivity contribution in [2.24, 2.45) is 0 Å². The highest BCUT2D eigenvalue weighted by molar-refractivity contribution is 7.80. The summed E-state index contributed by atoms with van der Waals surface area (Å²) in [5, 5.41) is 5.60. The molecule has 0 radical (unpaired) electrons. The molecule has 28 heavy (non-hydrogen) atoms. The molecule has 0 bridgehead atoms. The molecule has 1 fully saturated rings. The van der Waals surface area contributed by atoms with Crippen LogP contribution in [0.25, 0.3) is 0 Å². The summed E-state index contributed by atoms with van der Waals surface area (Å²) >= 11 is 5.11. The fraction of sp³-hybridized carbons (Fsp3) is 0.526. The number of carbonyl (C=O) groups is 2. The molecule has 0 spiro atoms. The first-order valence-electron chi connectivity index (χ1n) is 9.16. The number of rotatable bonds is 10. The maximum Gasteiger partial charge on any atom is 0.306 e. The largest absolute Gasteiger partial charge is 0.491 e. The smallest absolute Gasteiger partial charge is 0.306 e. The van der Waals surface area contributed by atoms with Crippen molar-refractivity contribution in [2.45, 2.75) is 31.8 Å². The van der Waals surface area contributed by atoms with E-state index >= 15 is 0 Å². The normalized spacial score (nSPS) is 15.7. The van der Waals surface area contributed by atoms with Crippen LogP contribution < -0.4 is 15.4 Å². The number of esters is 1. The van der Waals surface area contributed by atoms with Gasteiger partial charge in [0, 0.05) is 25.8 Å². The second kappa shape index (κ2) is 12.3. The minimum Gasteiger partial charge on any atom is -0.491 e. The molecule has 0 aliphatic carbocycles. The van der Waals surface area contributed by atoms with Crippen molar-refractivity contribution in [3.05, 3.63) is 24.3 Å². The highest BCUT2D eigenvalue weighted by Gasteiger charge is 2.16. The summed E-state index contributed by atoms with van der Waals surface area (Å²) in [6, 6.07) is 7.24. The first kappa shape index (κ1) is 22.1. The Hall–Kier alpha value is -2.23. The molecule has 0 saturated carbocycles. The summed E-state index contributed by atoms with van der Waals surface area (Å²) in [5.41, 5.74) is 0.716. The summed E-state index contributed by atoms with van der Waals surface area (Å²) in [6.07, 6.45) is 2.24. The van der Waals surface area contributed by atoms with Crippen molar-refractivity contribution in [1.29, 1.82) is 0 Å². The van der Waals surface area contributed by atoms with Crippen molar-refractivity contribution in [3.63, 3.8) is 0 Å². The van der Waals surface area contributed by atoms with Gasteiger partial charge in [-0.05, 0) is 49.3 Å². The third-order valence-corrected chi connectivity index (χ3v) is 4.14. The van der Waals surface area contributed by atoms with Crippen molar-refractivity contribution in [3.8, 4) is 5.75 Å². The molecule has 1 aromatic rings. The van der Waals surface area contributed by atoms with Gasteiger partial charge in [-0.15, -0.1) is 0 Å². The predicted octanol–water partition coefficient (Wildman–Crippen LogP) is 2.03. The van der Waals surface area contributed by atoms with E-state index in [0.29, 0.717) is 18.9 Å². The van der Waals surface area contributed by atoms with E-state index in [2.05, 4.69) is 10.6 Å². The van der Waals surface area contributed by atoms with Crippen LogP contribution in [0.1, 0.15) is 25.7 Å². The maximum atomic E-state index is 11.8. The fourth-order valence-electron chi connectivity index (χ4n) is 2.48. The molecule has 2 rings (SSSR count). The summed E-state index contributed by atoms with van der Waals surface area (Å²) in [5.74, 6) is -0.0784. The summed E-state index contributed by atoms with van der Waals surface area (Å²) < 4.78 is 20.9. The van der Waals surface area contributed by atoms with Gasteiger partial charge in [-0.3, -0.25) is 9.59 Å². The number of ether oxygens (including phenoxy) is 4. The van der Waals surface area contributed by atoms with Crippen LogP contribution in [0.5, 0.6) is 5.75 Å². The zero-order valence-electron chi connectivity index (χ0n) is 15.9. The number of nitrogens with one attached hydrogen (secondary N) is 2. The van der Waals surface area contributed by atoms with E-state index in [-0.39, 0.29) is 36.6 Å². The Balaban J connectivity index is 1.64. The van der Waals surface area contributed by atoms with Gasteiger partial charge in [-0.1, -0.05) is 0 Å². The molecule has 1 aliphatic rings. The van der Waals surface area contributed by atoms with Gasteiger partial charge in [-0.25, -0.2) is 0 Å². The van der Waals surface area contributed by atoms with Crippen molar-refractivity contribution in [1.82, 2.24) is 5.32 Å². The topological polar surface area (TPSA) is 95.1 Å². The monoisotopic (exact) mass is 410 g/mol. The van der Waals surface area contributed by atoms with E-state index in [4.69, 9.17) is 31.2 Å². The highest BCUT2D eigenvalue weighted by Crippen LogP contribution is 2.18. The van der Waals surface area contributed by atoms with Crippen LogP contribution in [0, 0.1) is 0 Å². The third kappa shape index (κ3) is 8.64. The molecule has 1 amide bonds. The number of carbonyl (C=O) groups excluding carboxylic acids is 2. The van der Waals surface area contributed by atoms with Crippen molar-refractivity contribution < 1.29 is 28.5 Å². The summed E-state index contributed by atoms with van der Waals surface area (Å²) in [4.78, 5) is 23.3. The van der Waals surface area contributed by atoms with E-state index in [0.717, 1.165) is 25.2 Å². The molecule has 1 aliphatic heterocycles. The first-order chi connectivity index (χ1) is 13.6. The second-order valence-corrected chi connectivity index (χ2v) is 6.59. The number of benzene rings is 1. The molecule has 154 valence electrons. The van der Waals surface area contributed by atoms with Crippen molar-refractivity contribution >= 4 is 34.9 Å². The lowest BCUT2D eigenvalue weighted by molar-refractivity contribution is -0.146. The lowest BCUT2D eigenvalue weighted by Gasteiger charge is -2.13. The second-order valence-electron chi connectivity index (χ2n) is 6.19. The van der Waals surface area contributed by atoms with Gasteiger partial charge in [0.25, 0.3) is 0 Å². The summed E-state index contributed by atoms with van der Waals surface area (Å²) in [7, 11) is 1.52. The number of anilines is 1. The Labute approximate surface area is 169 Å². The molecule has 2 N–H and O–H groups in total. The standard InChI is InChI=1S/C19H26N2O6S/c1-24-11-12-26-18(23)9-8-17(22)21-19(28)20-14-4-6-15(7-5-14)27-13-16-3-2-10-25-16/h4-7,16H,2-3,8-13H2,1H3,(H2,20,21,22,28). The molecule has 9 heteroatoms. The minimum absolute atomic E-state index is 0.0103. The lowest BCUT2D eigenvalue weighted by Crippen LogP contribution is -2.34. The third-order valence-electron chi connectivity index (χ3n) is 3.93. The number of amides is 1. The van der Waals surface area contributed by atoms with Crippen LogP contribution in [0.2, 0.25) is 0 Å². The lowest BCUT2D eigenvalue weighted by atomic mass is 10.2. The zero-order chi connectivity index (χ0) is 20.2. The van der Waals surface area contributed by atoms with Gasteiger partial charge in [-0.2, -0.15) is 0 Å². The molecule has 1 aromatic carbocycles. The van der Waals surface area contributed by atoms with E-state index in [9.17, 15) is 9.59 Å². The molecule has 1 saturated heterocycles. The zero-order valence-corrected chi connectivity index (χ0v) is 16.7. The average molecular weight is 410 g/mol. The molecule has 1 atom stereocenters. The average Bonchev–Trinajstić information content (AvgIpc) is 3.19. The number of thiocarbonyl (C=S) groups is 1. The van der Waals surface area contributed by atoms with Gasteiger partial charge < -0.3 is 29.6 Å². The predicted molar refractivity (Wildman–Crippen MR) is 107 cm³/mol. The SMILES string of the molecule is COCCOC(=O)CCC(=O)NC(=S)Nc1ccc(OCC2CCCO2)cc1. The first-order valence-corrected chi connectivity index (χ1v) is 9.57. The Morgan fingerprint density at radius 2 is 2.00 bits per heavy atom. The van der Waals surface area contributed by atoms with Gasteiger partial charge in [0.15, 0.2) is 5.11 Å². The van der Waals surface area contributed by atoms with E-state index < -0.39 is 5.97 Å². The molecule has 1 unspecified atom stereocenters. The van der Waals surface area contributed by atoms with Gasteiger partial charge in [0.05, 0.1) is 19.1 Å². The molecule has 0 aromatic heterocycles. The van der Waals surface area contributed by atoms with Crippen molar-refractivity contribution in [2.75, 3.05) is 38.9 Å². The van der Waals surface area contributed by atoms with Crippen LogP contribution >= 0.6 is 12.2 Å². The van der Waals surface area contributed by atoms with Gasteiger partial charge in [0.1, 0.15) is 19.0 Å². The Bertz CT molecular complexity index is 646. The van der Waals surface area contributed by atoms with Crippen LogP contribution in [0.3, 0.4) is 0 Å². The van der Waals surface area contributed by atoms with E-state index in [1.165, 1.54) is 7.11 Å².